The molecule has 3 nitrogen and oxygen atoms in total. The van der Waals surface area contributed by atoms with Crippen molar-refractivity contribution in [2.45, 2.75) is 0 Å². The predicted molar refractivity (Wildman–Crippen MR) is 196 cm³/mol. The number of aromatic nitrogens is 3. The summed E-state index contributed by atoms with van der Waals surface area (Å²) in [5.41, 5.74) is 8.53. The van der Waals surface area contributed by atoms with Gasteiger partial charge in [-0.15, -0.1) is 0 Å². The van der Waals surface area contributed by atoms with Crippen molar-refractivity contribution in [3.63, 3.8) is 0 Å². The number of hydrogen-bond acceptors (Lipinski definition) is 2. The van der Waals surface area contributed by atoms with E-state index in [0.717, 1.165) is 60.6 Å². The number of rotatable bonds is 5. The van der Waals surface area contributed by atoms with E-state index in [1.54, 1.807) is 4.57 Å². The van der Waals surface area contributed by atoms with Crippen LogP contribution >= 0.6 is 0 Å². The number of imidazole rings is 1. The number of hydrogen-bond donors (Lipinski definition) is 0. The van der Waals surface area contributed by atoms with E-state index >= 15 is 0 Å². The highest BCUT2D eigenvalue weighted by Gasteiger charge is 2.18. The Kier molecular flexibility index (Phi) is 5.32. The van der Waals surface area contributed by atoms with Gasteiger partial charge >= 0.3 is 0 Å². The van der Waals surface area contributed by atoms with Crippen molar-refractivity contribution < 1.29 is 6.85 Å². The number of nitrogens with zero attached hydrogens (tertiary/aromatic N) is 3. The van der Waals surface area contributed by atoms with Crippen LogP contribution in [-0.2, 0) is 0 Å². The van der Waals surface area contributed by atoms with Gasteiger partial charge in [-0.05, 0) is 86.2 Å². The maximum Gasteiger partial charge on any atom is 0.145 e. The first kappa shape index (κ1) is 22.2. The van der Waals surface area contributed by atoms with Crippen LogP contribution in [0.15, 0.2) is 176 Å². The van der Waals surface area contributed by atoms with Gasteiger partial charge in [0.25, 0.3) is 0 Å². The Bertz CT molecular complexity index is 2760. The third-order valence-corrected chi connectivity index (χ3v) is 8.75. The van der Waals surface area contributed by atoms with Crippen LogP contribution in [0.3, 0.4) is 0 Å². The first-order chi connectivity index (χ1) is 25.4. The predicted octanol–water partition coefficient (Wildman–Crippen LogP) is 11.4. The monoisotopic (exact) mass is 604 g/mol. The molecule has 0 radical (unpaired) electrons. The molecule has 2 heterocycles. The number of para-hydroxylation sites is 3. The summed E-state index contributed by atoms with van der Waals surface area (Å²) in [4.78, 5) is 9.52. The lowest BCUT2D eigenvalue weighted by Crippen LogP contribution is -1.97. The summed E-state index contributed by atoms with van der Waals surface area (Å²) < 4.78 is 44.0. The average Bonchev–Trinajstić information content (AvgIpc) is 3.58. The van der Waals surface area contributed by atoms with E-state index in [9.17, 15) is 0 Å². The van der Waals surface area contributed by atoms with Crippen molar-refractivity contribution in [1.82, 2.24) is 14.5 Å². The average molecular weight is 605 g/mol. The Morgan fingerprint density at radius 1 is 0.489 bits per heavy atom. The molecule has 0 atom stereocenters. The molecule has 47 heavy (non-hydrogen) atoms. The fourth-order valence-corrected chi connectivity index (χ4v) is 6.71. The van der Waals surface area contributed by atoms with E-state index in [4.69, 9.17) is 11.8 Å². The van der Waals surface area contributed by atoms with E-state index in [2.05, 4.69) is 89.9 Å². The molecular weight excluding hydrogens is 571 g/mol. The smallest absolute Gasteiger partial charge is 0.145 e. The highest BCUT2D eigenvalue weighted by Crippen LogP contribution is 2.44. The van der Waals surface area contributed by atoms with Gasteiger partial charge in [0.1, 0.15) is 5.82 Å². The molecule has 0 unspecified atom stereocenters. The van der Waals surface area contributed by atoms with Crippen molar-refractivity contribution in [3.05, 3.63) is 176 Å². The standard InChI is InChI=1S/C44H29N3/c1-2-15-34(16-3-1)47-41-23-9-8-22-40(41)46-44(47)31-26-24-30(25-27-31)42-35-17-4-6-19-37(35)43(38-20-7-5-18-36(38)42)33-14-12-13-32(29-33)39-21-10-11-28-45-39/h1-29H/i1D,2D,3D,15D,16D. The number of benzene rings is 7. The van der Waals surface area contributed by atoms with Crippen LogP contribution in [0.25, 0.3) is 83.2 Å². The van der Waals surface area contributed by atoms with Crippen LogP contribution in [0.4, 0.5) is 0 Å². The zero-order valence-corrected chi connectivity index (χ0v) is 25.2. The van der Waals surface area contributed by atoms with E-state index in [1.807, 2.05) is 60.8 Å². The zero-order chi connectivity index (χ0) is 35.5. The van der Waals surface area contributed by atoms with Gasteiger partial charge in [0, 0.05) is 23.0 Å². The highest BCUT2D eigenvalue weighted by molar-refractivity contribution is 6.21. The molecule has 0 aliphatic heterocycles. The van der Waals surface area contributed by atoms with E-state index in [1.165, 1.54) is 0 Å². The van der Waals surface area contributed by atoms with Crippen molar-refractivity contribution in [2.24, 2.45) is 0 Å². The minimum atomic E-state index is -0.430. The second kappa shape index (κ2) is 11.2. The zero-order valence-electron chi connectivity index (χ0n) is 30.2. The van der Waals surface area contributed by atoms with Crippen LogP contribution in [-0.4, -0.2) is 14.5 Å². The normalized spacial score (nSPS) is 12.9. The minimum absolute atomic E-state index is 0.0680. The molecule has 220 valence electrons. The van der Waals surface area contributed by atoms with Gasteiger partial charge in [0.15, 0.2) is 0 Å². The van der Waals surface area contributed by atoms with E-state index in [0.29, 0.717) is 16.9 Å². The quantitative estimate of drug-likeness (QED) is 0.183. The molecule has 0 N–H and O–H groups in total. The molecule has 0 saturated heterocycles. The van der Waals surface area contributed by atoms with Crippen LogP contribution in [0, 0.1) is 0 Å². The Labute approximate surface area is 280 Å². The fourth-order valence-electron chi connectivity index (χ4n) is 6.71. The molecule has 3 heteroatoms. The maximum absolute atomic E-state index is 8.76. The van der Waals surface area contributed by atoms with Gasteiger partial charge in [0.05, 0.1) is 23.6 Å². The Morgan fingerprint density at radius 2 is 1.09 bits per heavy atom. The lowest BCUT2D eigenvalue weighted by molar-refractivity contribution is 1.10. The Balaban J connectivity index is 1.23. The Hall–Kier alpha value is -6.32. The lowest BCUT2D eigenvalue weighted by atomic mass is 9.85. The lowest BCUT2D eigenvalue weighted by Gasteiger charge is -2.18. The maximum atomic E-state index is 8.76. The second-order valence-corrected chi connectivity index (χ2v) is 11.4. The molecule has 0 aliphatic rings. The molecule has 0 spiro atoms. The fraction of sp³-hybridized carbons (Fsp3) is 0. The summed E-state index contributed by atoms with van der Waals surface area (Å²) in [5.74, 6) is 0.490. The summed E-state index contributed by atoms with van der Waals surface area (Å²) in [5, 5.41) is 4.53. The molecular formula is C44H29N3. The van der Waals surface area contributed by atoms with Gasteiger partial charge in [-0.3, -0.25) is 9.55 Å². The Morgan fingerprint density at radius 3 is 1.77 bits per heavy atom. The molecule has 0 saturated carbocycles. The first-order valence-electron chi connectivity index (χ1n) is 18.0. The summed E-state index contributed by atoms with van der Waals surface area (Å²) in [7, 11) is 0. The highest BCUT2D eigenvalue weighted by atomic mass is 15.1. The van der Waals surface area contributed by atoms with Gasteiger partial charge in [-0.1, -0.05) is 127 Å². The molecule has 9 rings (SSSR count). The number of pyridine rings is 1. The topological polar surface area (TPSA) is 30.7 Å². The van der Waals surface area contributed by atoms with Gasteiger partial charge < -0.3 is 0 Å². The van der Waals surface area contributed by atoms with Crippen molar-refractivity contribution in [1.29, 1.82) is 0 Å². The van der Waals surface area contributed by atoms with Gasteiger partial charge in [-0.25, -0.2) is 4.98 Å². The minimum Gasteiger partial charge on any atom is -0.292 e. The van der Waals surface area contributed by atoms with Crippen LogP contribution in [0.5, 0.6) is 0 Å². The second-order valence-electron chi connectivity index (χ2n) is 11.4. The largest absolute Gasteiger partial charge is 0.292 e. The molecule has 7 aromatic carbocycles. The number of fused-ring (bicyclic) bond motifs is 3. The molecule has 2 aromatic heterocycles. The van der Waals surface area contributed by atoms with Crippen molar-refractivity contribution >= 4 is 32.6 Å². The van der Waals surface area contributed by atoms with Crippen molar-refractivity contribution in [3.8, 4) is 50.6 Å². The summed E-state index contributed by atoms with van der Waals surface area (Å²) in [6.07, 6.45) is 1.82. The summed E-state index contributed by atoms with van der Waals surface area (Å²) >= 11 is 0. The SMILES string of the molecule is [2H]c1c([2H])c([2H])c(-n2c(-c3ccc(-c4c5ccccc5c(-c5cccc(-c6ccccn6)c5)c5ccccc45)cc3)nc3ccccc32)c([2H])c1[2H]. The third-order valence-electron chi connectivity index (χ3n) is 8.75. The van der Waals surface area contributed by atoms with E-state index < -0.39 is 6.04 Å². The summed E-state index contributed by atoms with van der Waals surface area (Å²) in [6, 6.07) is 45.4. The summed E-state index contributed by atoms with van der Waals surface area (Å²) in [6.45, 7) is 0. The van der Waals surface area contributed by atoms with E-state index in [-0.39, 0.29) is 29.9 Å². The van der Waals surface area contributed by atoms with Gasteiger partial charge in [-0.2, -0.15) is 0 Å². The molecule has 0 fully saturated rings. The van der Waals surface area contributed by atoms with Gasteiger partial charge in [0.2, 0.25) is 0 Å². The van der Waals surface area contributed by atoms with Crippen LogP contribution in [0.2, 0.25) is 0 Å². The molecule has 0 amide bonds. The van der Waals surface area contributed by atoms with Crippen LogP contribution < -0.4 is 0 Å². The van der Waals surface area contributed by atoms with Crippen molar-refractivity contribution in [2.75, 3.05) is 0 Å². The first-order valence-corrected chi connectivity index (χ1v) is 15.5. The third kappa shape index (κ3) is 4.60. The molecule has 9 aromatic rings. The van der Waals surface area contributed by atoms with Crippen LogP contribution in [0.1, 0.15) is 6.85 Å². The molecule has 0 aliphatic carbocycles. The molecule has 0 bridgehead atoms.